The van der Waals surface area contributed by atoms with E-state index in [2.05, 4.69) is 23.0 Å². The van der Waals surface area contributed by atoms with E-state index in [9.17, 15) is 4.79 Å². The van der Waals surface area contributed by atoms with Crippen molar-refractivity contribution >= 4 is 11.9 Å². The third kappa shape index (κ3) is 4.44. The Morgan fingerprint density at radius 3 is 2.52 bits per heavy atom. The molecule has 1 amide bonds. The summed E-state index contributed by atoms with van der Waals surface area (Å²) in [5.74, 6) is 0.638. The van der Waals surface area contributed by atoms with Gasteiger partial charge in [0.15, 0.2) is 0 Å². The summed E-state index contributed by atoms with van der Waals surface area (Å²) in [4.78, 5) is 20.9. The quantitative estimate of drug-likeness (QED) is 0.845. The predicted molar refractivity (Wildman–Crippen MR) is 92.7 cm³/mol. The highest BCUT2D eigenvalue weighted by atomic mass is 16.6. The van der Waals surface area contributed by atoms with Gasteiger partial charge in [-0.1, -0.05) is 6.07 Å². The van der Waals surface area contributed by atoms with Crippen molar-refractivity contribution in [1.29, 1.82) is 0 Å². The Labute approximate surface area is 139 Å². The molecule has 1 fully saturated rings. The van der Waals surface area contributed by atoms with Crippen LogP contribution in [-0.2, 0) is 4.74 Å². The van der Waals surface area contributed by atoms with Gasteiger partial charge in [0.25, 0.3) is 0 Å². The van der Waals surface area contributed by atoms with Gasteiger partial charge in [0.2, 0.25) is 0 Å². The van der Waals surface area contributed by atoms with Crippen LogP contribution in [0.5, 0.6) is 0 Å². The topological polar surface area (TPSA) is 45.7 Å². The van der Waals surface area contributed by atoms with Crippen LogP contribution in [0, 0.1) is 0 Å². The molecular formula is C18H29N3O2. The van der Waals surface area contributed by atoms with Crippen LogP contribution in [0.25, 0.3) is 0 Å². The molecule has 0 bridgehead atoms. The molecule has 5 nitrogen and oxygen atoms in total. The molecule has 1 atom stereocenters. The maximum absolute atomic E-state index is 12.4. The summed E-state index contributed by atoms with van der Waals surface area (Å²) in [6.07, 6.45) is 3.92. The van der Waals surface area contributed by atoms with Gasteiger partial charge < -0.3 is 4.74 Å². The van der Waals surface area contributed by atoms with E-state index >= 15 is 0 Å². The highest BCUT2D eigenvalue weighted by molar-refractivity contribution is 5.87. The summed E-state index contributed by atoms with van der Waals surface area (Å²) in [6, 6.07) is 4.42. The van der Waals surface area contributed by atoms with E-state index in [4.69, 9.17) is 4.74 Å². The fraction of sp³-hybridized carbons (Fsp3) is 0.667. The molecule has 0 unspecified atom stereocenters. The number of likely N-dealkylation sites (tertiary alicyclic amines) is 1. The standard InChI is InChI=1S/C18H29N3O2/c1-13(2)21(17(22)23-18(3,4)5)16-10-9-14(12-19-16)15-8-7-11-20(15)6/h9-10,12-13,15H,7-8,11H2,1-6H3/t15-/m0/s1. The first kappa shape index (κ1) is 17.7. The van der Waals surface area contributed by atoms with Gasteiger partial charge in [0, 0.05) is 18.3 Å². The van der Waals surface area contributed by atoms with Gasteiger partial charge >= 0.3 is 6.09 Å². The number of anilines is 1. The van der Waals surface area contributed by atoms with Gasteiger partial charge in [-0.2, -0.15) is 0 Å². The number of ether oxygens (including phenoxy) is 1. The lowest BCUT2D eigenvalue weighted by Crippen LogP contribution is -2.41. The van der Waals surface area contributed by atoms with Crippen molar-refractivity contribution in [3.63, 3.8) is 0 Å². The summed E-state index contributed by atoms with van der Waals surface area (Å²) in [5.41, 5.74) is 0.693. The maximum Gasteiger partial charge on any atom is 0.416 e. The molecule has 1 saturated heterocycles. The Balaban J connectivity index is 2.18. The van der Waals surface area contributed by atoms with Crippen molar-refractivity contribution in [1.82, 2.24) is 9.88 Å². The number of aromatic nitrogens is 1. The van der Waals surface area contributed by atoms with Crippen LogP contribution in [0.2, 0.25) is 0 Å². The Bertz CT molecular complexity index is 534. The molecule has 0 aliphatic carbocycles. The Morgan fingerprint density at radius 2 is 2.09 bits per heavy atom. The number of nitrogens with zero attached hydrogens (tertiary/aromatic N) is 3. The highest BCUT2D eigenvalue weighted by Gasteiger charge is 2.27. The normalized spacial score (nSPS) is 19.2. The first-order chi connectivity index (χ1) is 10.7. The molecule has 1 aromatic heterocycles. The fourth-order valence-corrected chi connectivity index (χ4v) is 2.95. The molecule has 5 heteroatoms. The maximum atomic E-state index is 12.4. The molecule has 2 heterocycles. The lowest BCUT2D eigenvalue weighted by Gasteiger charge is -2.29. The minimum Gasteiger partial charge on any atom is -0.443 e. The van der Waals surface area contributed by atoms with Crippen LogP contribution < -0.4 is 4.90 Å². The molecule has 0 spiro atoms. The van der Waals surface area contributed by atoms with Crippen LogP contribution in [0.1, 0.15) is 59.1 Å². The lowest BCUT2D eigenvalue weighted by molar-refractivity contribution is 0.0569. The molecule has 0 N–H and O–H groups in total. The third-order valence-corrected chi connectivity index (χ3v) is 4.03. The minimum atomic E-state index is -0.517. The van der Waals surface area contributed by atoms with Crippen LogP contribution in [0.15, 0.2) is 18.3 Å². The first-order valence-electron chi connectivity index (χ1n) is 8.37. The number of pyridine rings is 1. The summed E-state index contributed by atoms with van der Waals surface area (Å²) >= 11 is 0. The second-order valence-electron chi connectivity index (χ2n) is 7.53. The van der Waals surface area contributed by atoms with Crippen LogP contribution >= 0.6 is 0 Å². The van der Waals surface area contributed by atoms with E-state index < -0.39 is 5.60 Å². The number of hydrogen-bond acceptors (Lipinski definition) is 4. The van der Waals surface area contributed by atoms with E-state index in [0.717, 1.165) is 13.0 Å². The van der Waals surface area contributed by atoms with Crippen molar-refractivity contribution in [2.24, 2.45) is 0 Å². The van der Waals surface area contributed by atoms with E-state index in [0.29, 0.717) is 11.9 Å². The van der Waals surface area contributed by atoms with Crippen molar-refractivity contribution < 1.29 is 9.53 Å². The van der Waals surface area contributed by atoms with Gasteiger partial charge in [-0.15, -0.1) is 0 Å². The van der Waals surface area contributed by atoms with Crippen molar-refractivity contribution in [2.45, 2.75) is 65.1 Å². The highest BCUT2D eigenvalue weighted by Crippen LogP contribution is 2.30. The number of carbonyl (C=O) groups excluding carboxylic acids is 1. The molecule has 1 aliphatic heterocycles. The Hall–Kier alpha value is -1.62. The van der Waals surface area contributed by atoms with Crippen LogP contribution in [-0.4, -0.2) is 41.2 Å². The largest absolute Gasteiger partial charge is 0.443 e. The van der Waals surface area contributed by atoms with E-state index in [1.54, 1.807) is 4.90 Å². The summed E-state index contributed by atoms with van der Waals surface area (Å²) in [7, 11) is 2.15. The van der Waals surface area contributed by atoms with Gasteiger partial charge in [0.05, 0.1) is 0 Å². The smallest absolute Gasteiger partial charge is 0.416 e. The molecule has 2 rings (SSSR count). The van der Waals surface area contributed by atoms with E-state index in [1.165, 1.54) is 12.0 Å². The average molecular weight is 319 g/mol. The molecule has 1 aliphatic rings. The molecule has 0 aromatic carbocycles. The summed E-state index contributed by atoms with van der Waals surface area (Å²) < 4.78 is 5.50. The monoisotopic (exact) mass is 319 g/mol. The molecule has 1 aromatic rings. The second kappa shape index (κ2) is 6.87. The first-order valence-corrected chi connectivity index (χ1v) is 8.37. The minimum absolute atomic E-state index is 0.0163. The number of carbonyl (C=O) groups is 1. The molecular weight excluding hydrogens is 290 g/mol. The number of amides is 1. The zero-order chi connectivity index (χ0) is 17.2. The van der Waals surface area contributed by atoms with Crippen LogP contribution in [0.4, 0.5) is 10.6 Å². The number of hydrogen-bond donors (Lipinski definition) is 0. The molecule has 0 saturated carbocycles. The SMILES string of the molecule is CC(C)N(C(=O)OC(C)(C)C)c1ccc([C@@H]2CCCN2C)cn1. The van der Waals surface area contributed by atoms with Gasteiger partial charge in [-0.3, -0.25) is 9.80 Å². The summed E-state index contributed by atoms with van der Waals surface area (Å²) in [6.45, 7) is 10.7. The third-order valence-electron chi connectivity index (χ3n) is 4.03. The van der Waals surface area contributed by atoms with Gasteiger partial charge in [-0.05, 0) is 72.7 Å². The van der Waals surface area contributed by atoms with Crippen molar-refractivity contribution in [3.05, 3.63) is 23.9 Å². The Kier molecular flexibility index (Phi) is 5.30. The molecule has 0 radical (unpaired) electrons. The molecule has 128 valence electrons. The average Bonchev–Trinajstić information content (AvgIpc) is 2.83. The Morgan fingerprint density at radius 1 is 1.39 bits per heavy atom. The zero-order valence-electron chi connectivity index (χ0n) is 15.2. The van der Waals surface area contributed by atoms with Gasteiger partial charge in [-0.25, -0.2) is 9.78 Å². The van der Waals surface area contributed by atoms with E-state index in [-0.39, 0.29) is 12.1 Å². The summed E-state index contributed by atoms with van der Waals surface area (Å²) in [5, 5.41) is 0. The zero-order valence-corrected chi connectivity index (χ0v) is 15.2. The lowest BCUT2D eigenvalue weighted by atomic mass is 10.1. The second-order valence-corrected chi connectivity index (χ2v) is 7.53. The fourth-order valence-electron chi connectivity index (χ4n) is 2.95. The van der Waals surface area contributed by atoms with E-state index in [1.807, 2.05) is 46.9 Å². The molecule has 23 heavy (non-hydrogen) atoms. The number of rotatable bonds is 3. The van der Waals surface area contributed by atoms with Gasteiger partial charge in [0.1, 0.15) is 11.4 Å². The van der Waals surface area contributed by atoms with Crippen molar-refractivity contribution in [2.75, 3.05) is 18.5 Å². The predicted octanol–water partition coefficient (Wildman–Crippen LogP) is 4.00. The van der Waals surface area contributed by atoms with Crippen LogP contribution in [0.3, 0.4) is 0 Å². The van der Waals surface area contributed by atoms with Crippen molar-refractivity contribution in [3.8, 4) is 0 Å².